The maximum atomic E-state index is 12.4. The Kier molecular flexibility index (Phi) is 4.52. The third kappa shape index (κ3) is 3.22. The molecule has 0 spiro atoms. The highest BCUT2D eigenvalue weighted by Crippen LogP contribution is 2.26. The quantitative estimate of drug-likeness (QED) is 0.323. The van der Waals surface area contributed by atoms with Gasteiger partial charge in [-0.3, -0.25) is 9.36 Å². The molecule has 2 heterocycles. The Morgan fingerprint density at radius 3 is 2.47 bits per heavy atom. The van der Waals surface area contributed by atoms with Crippen LogP contribution in [0.4, 0.5) is 0 Å². The van der Waals surface area contributed by atoms with Gasteiger partial charge < -0.3 is 9.15 Å². The maximum Gasteiger partial charge on any atom is 0.419 e. The molecule has 30 heavy (non-hydrogen) atoms. The summed E-state index contributed by atoms with van der Waals surface area (Å²) in [5, 5.41) is 3.10. The number of hydrogen-bond donors (Lipinski definition) is 0. The summed E-state index contributed by atoms with van der Waals surface area (Å²) in [6.45, 7) is 0.270. The molecule has 6 heteroatoms. The van der Waals surface area contributed by atoms with E-state index in [4.69, 9.17) is 14.1 Å². The number of oxazole rings is 1. The summed E-state index contributed by atoms with van der Waals surface area (Å²) in [5.41, 5.74) is 2.74. The van der Waals surface area contributed by atoms with Crippen molar-refractivity contribution in [1.82, 2.24) is 9.55 Å². The molecule has 3 aromatic carbocycles. The Bertz CT molecular complexity index is 1450. The molecule has 5 aromatic rings. The normalized spacial score (nSPS) is 11.3. The van der Waals surface area contributed by atoms with E-state index in [1.54, 1.807) is 18.2 Å². The third-order valence-electron chi connectivity index (χ3n) is 5.17. The van der Waals surface area contributed by atoms with Gasteiger partial charge in [0.25, 0.3) is 0 Å². The minimum Gasteiger partial charge on any atom is -0.459 e. The van der Waals surface area contributed by atoms with Crippen LogP contribution in [0.25, 0.3) is 32.8 Å². The lowest BCUT2D eigenvalue weighted by molar-refractivity contribution is -0.145. The number of ether oxygens (including phenoxy) is 1. The fourth-order valence-corrected chi connectivity index (χ4v) is 3.73. The highest BCUT2D eigenvalue weighted by Gasteiger charge is 2.13. The lowest BCUT2D eigenvalue weighted by Crippen LogP contribution is -2.17. The van der Waals surface area contributed by atoms with Gasteiger partial charge in [0.1, 0.15) is 6.61 Å². The molecule has 0 amide bonds. The van der Waals surface area contributed by atoms with Gasteiger partial charge in [-0.25, -0.2) is 9.78 Å². The molecule has 0 atom stereocenters. The van der Waals surface area contributed by atoms with Gasteiger partial charge in [-0.2, -0.15) is 0 Å². The number of hydrogen-bond acceptors (Lipinski definition) is 5. The average Bonchev–Trinajstić information content (AvgIpc) is 3.11. The first-order valence-corrected chi connectivity index (χ1v) is 9.71. The molecule has 148 valence electrons. The molecule has 0 aliphatic carbocycles. The van der Waals surface area contributed by atoms with Crippen LogP contribution in [0.3, 0.4) is 0 Å². The summed E-state index contributed by atoms with van der Waals surface area (Å²) in [5.74, 6) is -0.877. The minimum absolute atomic E-state index is 0.0644. The maximum absolute atomic E-state index is 12.4. The average molecular weight is 398 g/mol. The van der Waals surface area contributed by atoms with E-state index >= 15 is 0 Å². The van der Waals surface area contributed by atoms with Crippen molar-refractivity contribution in [2.24, 2.45) is 0 Å². The van der Waals surface area contributed by atoms with Crippen molar-refractivity contribution in [3.05, 3.63) is 89.0 Å². The van der Waals surface area contributed by atoms with Crippen LogP contribution in [0.5, 0.6) is 0 Å². The van der Waals surface area contributed by atoms with Gasteiger partial charge in [-0.05, 0) is 23.6 Å². The molecular formula is C24H18N2O4. The molecule has 0 saturated heterocycles. The lowest BCUT2D eigenvalue weighted by Gasteiger charge is -2.10. The van der Waals surface area contributed by atoms with E-state index in [1.807, 2.05) is 54.6 Å². The summed E-state index contributed by atoms with van der Waals surface area (Å²) in [7, 11) is 0. The van der Waals surface area contributed by atoms with Gasteiger partial charge in [-0.15, -0.1) is 0 Å². The molecule has 0 aliphatic heterocycles. The zero-order chi connectivity index (χ0) is 20.5. The van der Waals surface area contributed by atoms with Crippen molar-refractivity contribution in [2.75, 3.05) is 0 Å². The molecule has 0 aliphatic rings. The van der Waals surface area contributed by atoms with E-state index < -0.39 is 11.7 Å². The van der Waals surface area contributed by atoms with Crippen LogP contribution in [-0.2, 0) is 22.7 Å². The number of rotatable bonds is 5. The number of fused-ring (bicyclic) bond motifs is 4. The summed E-state index contributed by atoms with van der Waals surface area (Å²) >= 11 is 0. The Morgan fingerprint density at radius 2 is 1.60 bits per heavy atom. The van der Waals surface area contributed by atoms with Crippen molar-refractivity contribution >= 4 is 38.7 Å². The molecule has 0 fully saturated rings. The van der Waals surface area contributed by atoms with Crippen LogP contribution in [0.15, 0.2) is 82.0 Å². The molecule has 0 saturated carbocycles. The van der Waals surface area contributed by atoms with Gasteiger partial charge in [-0.1, -0.05) is 54.6 Å². The number of pyridine rings is 1. The van der Waals surface area contributed by atoms with Gasteiger partial charge in [0.2, 0.25) is 0 Å². The van der Waals surface area contributed by atoms with E-state index in [-0.39, 0.29) is 19.6 Å². The topological polar surface area (TPSA) is 74.3 Å². The number of benzene rings is 3. The summed E-state index contributed by atoms with van der Waals surface area (Å²) in [6, 6.07) is 23.0. The van der Waals surface area contributed by atoms with E-state index in [1.165, 1.54) is 4.57 Å². The molecule has 6 nitrogen and oxygen atoms in total. The van der Waals surface area contributed by atoms with Gasteiger partial charge >= 0.3 is 11.7 Å². The van der Waals surface area contributed by atoms with Crippen molar-refractivity contribution < 1.29 is 13.9 Å². The second kappa shape index (κ2) is 7.48. The second-order valence-corrected chi connectivity index (χ2v) is 7.02. The van der Waals surface area contributed by atoms with E-state index in [0.717, 1.165) is 21.7 Å². The van der Waals surface area contributed by atoms with E-state index in [2.05, 4.69) is 0 Å². The van der Waals surface area contributed by atoms with Gasteiger partial charge in [0.05, 0.1) is 23.1 Å². The third-order valence-corrected chi connectivity index (χ3v) is 5.17. The number of nitrogens with zero attached hydrogens (tertiary/aromatic N) is 2. The van der Waals surface area contributed by atoms with Crippen molar-refractivity contribution in [3.8, 4) is 0 Å². The molecular weight excluding hydrogens is 380 g/mol. The van der Waals surface area contributed by atoms with Crippen LogP contribution in [0.1, 0.15) is 12.1 Å². The zero-order valence-electron chi connectivity index (χ0n) is 16.1. The first kappa shape index (κ1) is 18.1. The SMILES string of the molecule is O=C(CCn1c(=O)oc2ccccc21)OCc1nc2ccccc2c2ccccc12. The van der Waals surface area contributed by atoms with Crippen LogP contribution in [0, 0.1) is 0 Å². The first-order chi connectivity index (χ1) is 14.7. The van der Waals surface area contributed by atoms with Crippen molar-refractivity contribution in [1.29, 1.82) is 0 Å². The summed E-state index contributed by atoms with van der Waals surface area (Å²) in [6.07, 6.45) is 0.0644. The summed E-state index contributed by atoms with van der Waals surface area (Å²) < 4.78 is 12.1. The van der Waals surface area contributed by atoms with E-state index in [0.29, 0.717) is 16.8 Å². The Morgan fingerprint density at radius 1 is 0.900 bits per heavy atom. The van der Waals surface area contributed by atoms with Crippen molar-refractivity contribution in [3.63, 3.8) is 0 Å². The lowest BCUT2D eigenvalue weighted by atomic mass is 10.0. The Labute approximate surface area is 171 Å². The highest BCUT2D eigenvalue weighted by molar-refractivity contribution is 6.06. The number of carbonyl (C=O) groups excluding carboxylic acids is 1. The predicted molar refractivity (Wildman–Crippen MR) is 114 cm³/mol. The zero-order valence-corrected chi connectivity index (χ0v) is 16.1. The number of aryl methyl sites for hydroxylation is 1. The monoisotopic (exact) mass is 398 g/mol. The van der Waals surface area contributed by atoms with Crippen LogP contribution in [0.2, 0.25) is 0 Å². The van der Waals surface area contributed by atoms with Crippen LogP contribution >= 0.6 is 0 Å². The van der Waals surface area contributed by atoms with Crippen molar-refractivity contribution in [2.45, 2.75) is 19.6 Å². The smallest absolute Gasteiger partial charge is 0.419 e. The second-order valence-electron chi connectivity index (χ2n) is 7.02. The van der Waals surface area contributed by atoms with E-state index in [9.17, 15) is 9.59 Å². The summed E-state index contributed by atoms with van der Waals surface area (Å²) in [4.78, 5) is 29.1. The number of esters is 1. The fourth-order valence-electron chi connectivity index (χ4n) is 3.73. The standard InChI is InChI=1S/C24H18N2O4/c27-23(13-14-26-21-11-5-6-12-22(21)30-24(26)28)29-15-20-18-9-2-1-7-16(18)17-8-3-4-10-19(17)25-20/h1-12H,13-15H2. The molecule has 0 N–H and O–H groups in total. The Balaban J connectivity index is 1.34. The molecule has 0 radical (unpaired) electrons. The molecule has 5 rings (SSSR count). The van der Waals surface area contributed by atoms with Gasteiger partial charge in [0.15, 0.2) is 5.58 Å². The first-order valence-electron chi connectivity index (χ1n) is 9.71. The molecule has 0 bridgehead atoms. The fraction of sp³-hybridized carbons (Fsp3) is 0.125. The number of para-hydroxylation sites is 3. The van der Waals surface area contributed by atoms with Crippen LogP contribution < -0.4 is 5.76 Å². The van der Waals surface area contributed by atoms with Gasteiger partial charge in [0, 0.05) is 17.3 Å². The van der Waals surface area contributed by atoms with Crippen LogP contribution in [-0.4, -0.2) is 15.5 Å². The predicted octanol–water partition coefficient (Wildman–Crippen LogP) is 4.43. The molecule has 0 unspecified atom stereocenters. The highest BCUT2D eigenvalue weighted by atomic mass is 16.5. The Hall–Kier alpha value is -3.93. The number of aromatic nitrogens is 2. The number of carbonyl (C=O) groups is 1. The largest absolute Gasteiger partial charge is 0.459 e. The minimum atomic E-state index is -0.480. The molecule has 2 aromatic heterocycles.